The first-order chi connectivity index (χ1) is 17.2. The van der Waals surface area contributed by atoms with E-state index < -0.39 is 12.0 Å². The molecule has 1 fully saturated rings. The highest BCUT2D eigenvalue weighted by molar-refractivity contribution is 5.72. The summed E-state index contributed by atoms with van der Waals surface area (Å²) in [4.78, 5) is 25.1. The molecule has 0 spiro atoms. The summed E-state index contributed by atoms with van der Waals surface area (Å²) in [7, 11) is 1.40. The van der Waals surface area contributed by atoms with Gasteiger partial charge in [-0.1, -0.05) is 0 Å². The molecule has 0 saturated heterocycles. The van der Waals surface area contributed by atoms with Crippen molar-refractivity contribution in [2.75, 3.05) is 12.4 Å². The Hall–Kier alpha value is -3.46. The van der Waals surface area contributed by atoms with Crippen molar-refractivity contribution in [3.05, 3.63) is 65.6 Å². The third-order valence-corrected chi connectivity index (χ3v) is 6.90. The zero-order valence-electron chi connectivity index (χ0n) is 20.5. The SMILES string of the molecule is COC(=O)C1CCC([C@@](C)(O)c2ccc(-c3cc(C)cc(Nc4cc(C(F)F)ccn4)n3)cn2)CC1. The molecule has 7 nitrogen and oxygen atoms in total. The predicted octanol–water partition coefficient (Wildman–Crippen LogP) is 5.72. The summed E-state index contributed by atoms with van der Waals surface area (Å²) in [6.07, 6.45) is 3.21. The molecular formula is C27H30F2N4O3. The van der Waals surface area contributed by atoms with Gasteiger partial charge in [-0.3, -0.25) is 9.78 Å². The summed E-state index contributed by atoms with van der Waals surface area (Å²) in [6.45, 7) is 3.68. The van der Waals surface area contributed by atoms with Crippen molar-refractivity contribution in [3.63, 3.8) is 0 Å². The highest BCUT2D eigenvalue weighted by atomic mass is 19.3. The van der Waals surface area contributed by atoms with Gasteiger partial charge in [0.2, 0.25) is 0 Å². The van der Waals surface area contributed by atoms with Gasteiger partial charge in [-0.05, 0) is 87.4 Å². The van der Waals surface area contributed by atoms with Crippen molar-refractivity contribution in [2.24, 2.45) is 11.8 Å². The zero-order valence-corrected chi connectivity index (χ0v) is 20.5. The Bertz CT molecular complexity index is 1210. The Morgan fingerprint density at radius 1 is 1.11 bits per heavy atom. The number of hydrogen-bond donors (Lipinski definition) is 2. The van der Waals surface area contributed by atoms with E-state index in [0.717, 1.165) is 11.1 Å². The number of carbonyl (C=O) groups excluding carboxylic acids is 1. The van der Waals surface area contributed by atoms with Crippen LogP contribution in [0, 0.1) is 18.8 Å². The van der Waals surface area contributed by atoms with Gasteiger partial charge in [0.1, 0.15) is 17.2 Å². The Morgan fingerprint density at radius 3 is 2.50 bits per heavy atom. The summed E-state index contributed by atoms with van der Waals surface area (Å²) >= 11 is 0. The number of halogens is 2. The van der Waals surface area contributed by atoms with Gasteiger partial charge < -0.3 is 15.2 Å². The quantitative estimate of drug-likeness (QED) is 0.404. The number of carbonyl (C=O) groups is 1. The molecule has 1 saturated carbocycles. The lowest BCUT2D eigenvalue weighted by Gasteiger charge is -2.37. The largest absolute Gasteiger partial charge is 0.469 e. The lowest BCUT2D eigenvalue weighted by Crippen LogP contribution is -2.36. The highest BCUT2D eigenvalue weighted by Gasteiger charge is 2.39. The first-order valence-corrected chi connectivity index (χ1v) is 11.9. The second kappa shape index (κ2) is 10.7. The fourth-order valence-electron chi connectivity index (χ4n) is 4.77. The standard InChI is InChI=1S/C27H30F2N4O3/c1-16-12-21(32-24(13-16)33-23-14-18(25(28)29)10-11-30-23)19-6-9-22(31-15-19)27(2,35)20-7-4-17(5-8-20)26(34)36-3/h6,9-15,17,20,25,35H,4-5,7-8H2,1-3H3,(H,30,32,33)/t17?,20?,27-/m1/s1. The molecule has 4 rings (SSSR count). The number of aryl methyl sites for hydroxylation is 1. The van der Waals surface area contributed by atoms with E-state index in [2.05, 4.69) is 20.3 Å². The summed E-state index contributed by atoms with van der Waals surface area (Å²) < 4.78 is 30.9. The number of rotatable bonds is 7. The molecule has 1 aliphatic carbocycles. The number of pyridine rings is 3. The minimum absolute atomic E-state index is 0.0128. The number of aliphatic hydroxyl groups is 1. The maximum absolute atomic E-state index is 13.0. The molecule has 0 aliphatic heterocycles. The molecule has 0 aromatic carbocycles. The fraction of sp³-hybridized carbons (Fsp3) is 0.407. The number of esters is 1. The van der Waals surface area contributed by atoms with Crippen molar-refractivity contribution in [1.82, 2.24) is 15.0 Å². The average Bonchev–Trinajstić information content (AvgIpc) is 2.88. The molecule has 36 heavy (non-hydrogen) atoms. The Balaban J connectivity index is 1.50. The lowest BCUT2D eigenvalue weighted by molar-refractivity contribution is -0.148. The number of nitrogens with zero attached hydrogens (tertiary/aromatic N) is 3. The van der Waals surface area contributed by atoms with E-state index in [1.807, 2.05) is 19.1 Å². The van der Waals surface area contributed by atoms with Gasteiger partial charge in [-0.2, -0.15) is 0 Å². The van der Waals surface area contributed by atoms with Crippen molar-refractivity contribution in [1.29, 1.82) is 0 Å². The van der Waals surface area contributed by atoms with Crippen molar-refractivity contribution in [2.45, 2.75) is 51.6 Å². The molecule has 0 radical (unpaired) electrons. The molecule has 190 valence electrons. The van der Waals surface area contributed by atoms with E-state index >= 15 is 0 Å². The predicted molar refractivity (Wildman–Crippen MR) is 132 cm³/mol. The Kier molecular flexibility index (Phi) is 7.59. The van der Waals surface area contributed by atoms with Gasteiger partial charge in [0, 0.05) is 23.5 Å². The third-order valence-electron chi connectivity index (χ3n) is 6.90. The van der Waals surface area contributed by atoms with Crippen LogP contribution >= 0.6 is 0 Å². The van der Waals surface area contributed by atoms with E-state index in [1.54, 1.807) is 25.3 Å². The second-order valence-corrected chi connectivity index (χ2v) is 9.47. The van der Waals surface area contributed by atoms with Crippen LogP contribution in [0.5, 0.6) is 0 Å². The zero-order chi connectivity index (χ0) is 25.9. The molecule has 0 bridgehead atoms. The maximum atomic E-state index is 13.0. The number of ether oxygens (including phenoxy) is 1. The second-order valence-electron chi connectivity index (χ2n) is 9.47. The van der Waals surface area contributed by atoms with Crippen LogP contribution in [0.1, 0.15) is 55.9 Å². The molecule has 3 heterocycles. The summed E-state index contributed by atoms with van der Waals surface area (Å²) in [5.41, 5.74) is 1.64. The molecule has 2 N–H and O–H groups in total. The first kappa shape index (κ1) is 25.6. The molecule has 1 atom stereocenters. The molecule has 0 amide bonds. The van der Waals surface area contributed by atoms with Crippen LogP contribution < -0.4 is 5.32 Å². The van der Waals surface area contributed by atoms with E-state index in [1.165, 1.54) is 25.4 Å². The summed E-state index contributed by atoms with van der Waals surface area (Å²) in [5.74, 6) is 0.444. The summed E-state index contributed by atoms with van der Waals surface area (Å²) in [6, 6.07) is 9.93. The van der Waals surface area contributed by atoms with Crippen LogP contribution in [-0.2, 0) is 15.1 Å². The average molecular weight is 497 g/mol. The topological polar surface area (TPSA) is 97.2 Å². The number of alkyl halides is 2. The van der Waals surface area contributed by atoms with E-state index in [4.69, 9.17) is 4.74 Å². The Labute approximate surface area is 209 Å². The maximum Gasteiger partial charge on any atom is 0.308 e. The van der Waals surface area contributed by atoms with Crippen LogP contribution in [0.15, 0.2) is 48.8 Å². The first-order valence-electron chi connectivity index (χ1n) is 11.9. The highest BCUT2D eigenvalue weighted by Crippen LogP contribution is 2.40. The van der Waals surface area contributed by atoms with Gasteiger partial charge in [0.15, 0.2) is 0 Å². The molecular weight excluding hydrogens is 466 g/mol. The van der Waals surface area contributed by atoms with E-state index in [9.17, 15) is 18.7 Å². The smallest absolute Gasteiger partial charge is 0.308 e. The number of methoxy groups -OCH3 is 1. The number of anilines is 2. The van der Waals surface area contributed by atoms with Crippen LogP contribution in [-0.4, -0.2) is 33.1 Å². The van der Waals surface area contributed by atoms with Gasteiger partial charge in [-0.15, -0.1) is 0 Å². The molecule has 1 aliphatic rings. The van der Waals surface area contributed by atoms with Crippen molar-refractivity contribution in [3.8, 4) is 11.3 Å². The number of nitrogens with one attached hydrogen (secondary N) is 1. The normalized spacial score (nSPS) is 19.5. The third kappa shape index (κ3) is 5.67. The van der Waals surface area contributed by atoms with Gasteiger partial charge in [0.25, 0.3) is 6.43 Å². The number of hydrogen-bond acceptors (Lipinski definition) is 7. The molecule has 3 aromatic rings. The minimum atomic E-state index is -2.58. The lowest BCUT2D eigenvalue weighted by atomic mass is 9.73. The monoisotopic (exact) mass is 496 g/mol. The van der Waals surface area contributed by atoms with Crippen LogP contribution in [0.25, 0.3) is 11.3 Å². The van der Waals surface area contributed by atoms with Crippen molar-refractivity contribution >= 4 is 17.6 Å². The number of aromatic nitrogens is 3. The van der Waals surface area contributed by atoms with Crippen LogP contribution in [0.2, 0.25) is 0 Å². The van der Waals surface area contributed by atoms with Gasteiger partial charge in [0.05, 0.1) is 24.4 Å². The molecule has 0 unspecified atom stereocenters. The van der Waals surface area contributed by atoms with Crippen molar-refractivity contribution < 1.29 is 23.4 Å². The van der Waals surface area contributed by atoms with Crippen LogP contribution in [0.4, 0.5) is 20.4 Å². The minimum Gasteiger partial charge on any atom is -0.469 e. The van der Waals surface area contributed by atoms with Crippen LogP contribution in [0.3, 0.4) is 0 Å². The molecule has 3 aromatic heterocycles. The summed E-state index contributed by atoms with van der Waals surface area (Å²) in [5, 5.41) is 14.3. The molecule has 9 heteroatoms. The Morgan fingerprint density at radius 2 is 1.86 bits per heavy atom. The van der Waals surface area contributed by atoms with Gasteiger partial charge >= 0.3 is 5.97 Å². The van der Waals surface area contributed by atoms with E-state index in [-0.39, 0.29) is 29.2 Å². The van der Waals surface area contributed by atoms with Gasteiger partial charge in [-0.25, -0.2) is 18.7 Å². The fourth-order valence-corrected chi connectivity index (χ4v) is 4.77. The van der Waals surface area contributed by atoms with E-state index in [0.29, 0.717) is 42.9 Å².